The van der Waals surface area contributed by atoms with Gasteiger partial charge >= 0.3 is 0 Å². The van der Waals surface area contributed by atoms with Crippen LogP contribution in [0.25, 0.3) is 55.7 Å². The van der Waals surface area contributed by atoms with E-state index in [1.54, 1.807) is 29.7 Å². The van der Waals surface area contributed by atoms with Crippen molar-refractivity contribution in [3.05, 3.63) is 73.1 Å². The molecule has 0 bridgehead atoms. The summed E-state index contributed by atoms with van der Waals surface area (Å²) in [6.45, 7) is 1.78. The predicted octanol–water partition coefficient (Wildman–Crippen LogP) is 4.84. The van der Waals surface area contributed by atoms with Gasteiger partial charge in [-0.15, -0.1) is 0 Å². The van der Waals surface area contributed by atoms with E-state index in [1.807, 2.05) is 58.5 Å². The smallest absolute Gasteiger partial charge is 0.238 e. The van der Waals surface area contributed by atoms with Crippen molar-refractivity contribution in [3.8, 4) is 33.9 Å². The number of aromatic amines is 2. The number of carbonyl (C=O) groups excluding carboxylic acids is 1. The van der Waals surface area contributed by atoms with Crippen LogP contribution in [0.4, 0.5) is 15.8 Å². The standard InChI is InChI=1S/C32H33FN10O/c1-42(2)8-7-35-22-10-19(9-21(33)12-22)31-24-14-28(39-26(24)5-6-36-31)32-25-13-27(37-17-29(25)40-41-32)20-11-23(16-34-15-20)38-30(44)18-43(3)4/h5-6,9-17,35,39H,7-8,18H2,1-4H3,(H,38,44)(H,40,41). The van der Waals surface area contributed by atoms with E-state index in [0.29, 0.717) is 40.6 Å². The number of halogens is 1. The van der Waals surface area contributed by atoms with Crippen LogP contribution in [-0.2, 0) is 4.79 Å². The number of rotatable bonds is 10. The molecule has 0 fully saturated rings. The van der Waals surface area contributed by atoms with Crippen molar-refractivity contribution in [1.82, 2.24) is 39.9 Å². The number of aromatic nitrogens is 6. The molecule has 1 amide bonds. The van der Waals surface area contributed by atoms with Gasteiger partial charge < -0.3 is 25.4 Å². The molecule has 5 heterocycles. The summed E-state index contributed by atoms with van der Waals surface area (Å²) in [5.41, 5.74) is 7.18. The molecule has 0 spiro atoms. The van der Waals surface area contributed by atoms with Crippen molar-refractivity contribution >= 4 is 39.1 Å². The molecule has 224 valence electrons. The maximum absolute atomic E-state index is 14.7. The summed E-state index contributed by atoms with van der Waals surface area (Å²) in [6.07, 6.45) is 6.76. The topological polar surface area (TPSA) is 131 Å². The highest BCUT2D eigenvalue weighted by Gasteiger charge is 2.17. The fourth-order valence-electron chi connectivity index (χ4n) is 5.08. The first-order chi connectivity index (χ1) is 21.2. The number of carbonyl (C=O) groups is 1. The lowest BCUT2D eigenvalue weighted by atomic mass is 10.1. The summed E-state index contributed by atoms with van der Waals surface area (Å²) < 4.78 is 14.7. The summed E-state index contributed by atoms with van der Waals surface area (Å²) in [5.74, 6) is -0.462. The molecule has 0 radical (unpaired) electrons. The number of hydrogen-bond acceptors (Lipinski definition) is 8. The molecule has 0 aliphatic rings. The van der Waals surface area contributed by atoms with E-state index >= 15 is 0 Å². The van der Waals surface area contributed by atoms with Crippen molar-refractivity contribution in [1.29, 1.82) is 0 Å². The third-order valence-corrected chi connectivity index (χ3v) is 7.09. The van der Waals surface area contributed by atoms with Gasteiger partial charge in [0.15, 0.2) is 0 Å². The predicted molar refractivity (Wildman–Crippen MR) is 172 cm³/mol. The zero-order valence-corrected chi connectivity index (χ0v) is 24.9. The molecule has 1 aromatic carbocycles. The average molecular weight is 593 g/mol. The van der Waals surface area contributed by atoms with Gasteiger partial charge in [0.1, 0.15) is 11.5 Å². The van der Waals surface area contributed by atoms with Gasteiger partial charge in [-0.2, -0.15) is 5.10 Å². The van der Waals surface area contributed by atoms with Crippen LogP contribution in [0, 0.1) is 5.82 Å². The summed E-state index contributed by atoms with van der Waals surface area (Å²) >= 11 is 0. The minimum atomic E-state index is -0.335. The summed E-state index contributed by atoms with van der Waals surface area (Å²) in [5, 5.41) is 15.5. The van der Waals surface area contributed by atoms with E-state index in [4.69, 9.17) is 0 Å². The van der Waals surface area contributed by atoms with Crippen LogP contribution in [0.1, 0.15) is 0 Å². The van der Waals surface area contributed by atoms with Crippen molar-refractivity contribution in [3.63, 3.8) is 0 Å². The Hall–Kier alpha value is -5.20. The lowest BCUT2D eigenvalue weighted by molar-refractivity contribution is -0.116. The van der Waals surface area contributed by atoms with E-state index in [1.165, 1.54) is 12.1 Å². The summed E-state index contributed by atoms with van der Waals surface area (Å²) in [6, 6.07) is 12.6. The Balaban J connectivity index is 1.33. The number of likely N-dealkylation sites (N-methyl/N-ethyl adjacent to an activating group) is 2. The lowest BCUT2D eigenvalue weighted by Crippen LogP contribution is -2.27. The van der Waals surface area contributed by atoms with Crippen LogP contribution in [0.15, 0.2) is 67.3 Å². The second-order valence-electron chi connectivity index (χ2n) is 11.2. The number of benzene rings is 1. The van der Waals surface area contributed by atoms with Gasteiger partial charge in [-0.1, -0.05) is 0 Å². The number of amides is 1. The highest BCUT2D eigenvalue weighted by Crippen LogP contribution is 2.35. The minimum absolute atomic E-state index is 0.128. The van der Waals surface area contributed by atoms with Crippen molar-refractivity contribution in [2.75, 3.05) is 58.5 Å². The van der Waals surface area contributed by atoms with Gasteiger partial charge in [0.05, 0.1) is 47.2 Å². The molecule has 5 aromatic heterocycles. The molecular weight excluding hydrogens is 559 g/mol. The van der Waals surface area contributed by atoms with Crippen LogP contribution < -0.4 is 10.6 Å². The fraction of sp³-hybridized carbons (Fsp3) is 0.219. The van der Waals surface area contributed by atoms with Crippen LogP contribution in [0.2, 0.25) is 0 Å². The molecule has 0 unspecified atom stereocenters. The van der Waals surface area contributed by atoms with Crippen LogP contribution >= 0.6 is 0 Å². The Morgan fingerprint density at radius 3 is 2.50 bits per heavy atom. The molecule has 6 aromatic rings. The molecule has 0 saturated heterocycles. The zero-order valence-electron chi connectivity index (χ0n) is 24.9. The average Bonchev–Trinajstić information content (AvgIpc) is 3.60. The largest absolute Gasteiger partial charge is 0.384 e. The quantitative estimate of drug-likeness (QED) is 0.178. The fourth-order valence-corrected chi connectivity index (χ4v) is 5.08. The van der Waals surface area contributed by atoms with E-state index in [9.17, 15) is 9.18 Å². The molecular formula is C32H33FN10O. The molecule has 11 nitrogen and oxygen atoms in total. The molecule has 44 heavy (non-hydrogen) atoms. The Labute approximate surface area is 253 Å². The van der Waals surface area contributed by atoms with Crippen molar-refractivity contribution in [2.24, 2.45) is 0 Å². The Bertz CT molecular complexity index is 1960. The van der Waals surface area contributed by atoms with Crippen molar-refractivity contribution in [2.45, 2.75) is 0 Å². The van der Waals surface area contributed by atoms with Gasteiger partial charge in [-0.05, 0) is 70.7 Å². The van der Waals surface area contributed by atoms with Crippen LogP contribution in [0.5, 0.6) is 0 Å². The van der Waals surface area contributed by atoms with Gasteiger partial charge in [0, 0.05) is 58.6 Å². The highest BCUT2D eigenvalue weighted by molar-refractivity contribution is 6.00. The van der Waals surface area contributed by atoms with E-state index < -0.39 is 0 Å². The second kappa shape index (κ2) is 12.2. The van der Waals surface area contributed by atoms with Crippen LogP contribution in [-0.4, -0.2) is 93.7 Å². The maximum Gasteiger partial charge on any atom is 0.238 e. The molecule has 0 aliphatic heterocycles. The first-order valence-electron chi connectivity index (χ1n) is 14.2. The number of nitrogens with zero attached hydrogens (tertiary/aromatic N) is 6. The second-order valence-corrected chi connectivity index (χ2v) is 11.2. The lowest BCUT2D eigenvalue weighted by Gasteiger charge is -2.12. The SMILES string of the molecule is CN(C)CCNc1cc(F)cc(-c2nccc3[nH]c(-c4n[nH]c5cnc(-c6cncc(NC(=O)CN(C)C)c6)cc45)cc23)c1. The first-order valence-corrected chi connectivity index (χ1v) is 14.2. The van der Waals surface area contributed by atoms with E-state index in [-0.39, 0.29) is 18.3 Å². The maximum atomic E-state index is 14.7. The highest BCUT2D eigenvalue weighted by atomic mass is 19.1. The van der Waals surface area contributed by atoms with E-state index in [0.717, 1.165) is 39.6 Å². The summed E-state index contributed by atoms with van der Waals surface area (Å²) in [7, 11) is 7.67. The number of H-pyrrole nitrogens is 2. The van der Waals surface area contributed by atoms with Crippen LogP contribution in [0.3, 0.4) is 0 Å². The third-order valence-electron chi connectivity index (χ3n) is 7.09. The number of anilines is 2. The van der Waals surface area contributed by atoms with Crippen molar-refractivity contribution < 1.29 is 9.18 Å². The van der Waals surface area contributed by atoms with Gasteiger partial charge in [0.2, 0.25) is 5.91 Å². The summed E-state index contributed by atoms with van der Waals surface area (Å²) in [4.78, 5) is 33.1. The molecule has 12 heteroatoms. The normalized spacial score (nSPS) is 11.6. The number of nitrogens with one attached hydrogen (secondary N) is 4. The van der Waals surface area contributed by atoms with Gasteiger partial charge in [-0.25, -0.2) is 4.39 Å². The van der Waals surface area contributed by atoms with Gasteiger partial charge in [0.25, 0.3) is 0 Å². The Morgan fingerprint density at radius 1 is 0.864 bits per heavy atom. The van der Waals surface area contributed by atoms with E-state index in [2.05, 4.69) is 45.7 Å². The number of hydrogen-bond donors (Lipinski definition) is 4. The monoisotopic (exact) mass is 592 g/mol. The molecule has 0 saturated carbocycles. The Kier molecular flexibility index (Phi) is 8.01. The Morgan fingerprint density at radius 2 is 1.68 bits per heavy atom. The minimum Gasteiger partial charge on any atom is -0.384 e. The van der Waals surface area contributed by atoms with Gasteiger partial charge in [-0.3, -0.25) is 24.8 Å². The zero-order chi connectivity index (χ0) is 30.8. The first kappa shape index (κ1) is 28.9. The number of fused-ring (bicyclic) bond motifs is 2. The molecule has 4 N–H and O–H groups in total. The molecule has 0 aliphatic carbocycles. The molecule has 0 atom stereocenters. The third kappa shape index (κ3) is 6.26. The molecule has 6 rings (SSSR count). The number of pyridine rings is 3.